The molecular formula is C44H60N8O8. The first kappa shape index (κ1) is 42.9. The lowest BCUT2D eigenvalue weighted by Crippen LogP contribution is -2.44. The van der Waals surface area contributed by atoms with E-state index in [1.807, 2.05) is 60.7 Å². The van der Waals surface area contributed by atoms with Gasteiger partial charge in [-0.05, 0) is 73.6 Å². The fourth-order valence-electron chi connectivity index (χ4n) is 9.42. The van der Waals surface area contributed by atoms with Crippen molar-refractivity contribution in [1.29, 1.82) is 0 Å². The number of carbonyl (C=O) groups excluding carboxylic acids is 6. The topological polar surface area (TPSA) is 200 Å². The first-order valence-electron chi connectivity index (χ1n) is 21.7. The molecule has 0 spiro atoms. The van der Waals surface area contributed by atoms with Crippen molar-refractivity contribution in [3.63, 3.8) is 0 Å². The summed E-state index contributed by atoms with van der Waals surface area (Å²) < 4.78 is 10.6. The van der Waals surface area contributed by atoms with Gasteiger partial charge in [-0.25, -0.2) is 9.59 Å². The van der Waals surface area contributed by atoms with E-state index in [-0.39, 0.29) is 72.7 Å². The lowest BCUT2D eigenvalue weighted by atomic mass is 9.88. The minimum Gasteiger partial charge on any atom is -0.445 e. The molecule has 8 saturated heterocycles. The van der Waals surface area contributed by atoms with Gasteiger partial charge in [-0.2, -0.15) is 0 Å². The van der Waals surface area contributed by atoms with E-state index in [4.69, 9.17) is 9.47 Å². The number of amides is 6. The van der Waals surface area contributed by atoms with Crippen LogP contribution in [0.15, 0.2) is 60.7 Å². The summed E-state index contributed by atoms with van der Waals surface area (Å²) in [5, 5.41) is 17.9. The number of piperidine rings is 4. The molecule has 10 rings (SSSR count). The van der Waals surface area contributed by atoms with E-state index in [1.54, 1.807) is 9.80 Å². The highest BCUT2D eigenvalue weighted by atomic mass is 16.6. The summed E-state index contributed by atoms with van der Waals surface area (Å²) in [6, 6.07) is 19.2. The molecule has 8 atom stereocenters. The van der Waals surface area contributed by atoms with E-state index in [1.165, 1.54) is 0 Å². The number of ether oxygens (including phenoxy) is 2. The Balaban J connectivity index is 0.000000127. The molecule has 0 aliphatic carbocycles. The molecule has 60 heavy (non-hydrogen) atoms. The van der Waals surface area contributed by atoms with Crippen LogP contribution in [-0.4, -0.2) is 124 Å². The molecular weight excluding hydrogens is 769 g/mol. The second-order valence-corrected chi connectivity index (χ2v) is 17.0. The Morgan fingerprint density at radius 1 is 0.483 bits per heavy atom. The summed E-state index contributed by atoms with van der Waals surface area (Å²) in [4.78, 5) is 72.8. The highest BCUT2D eigenvalue weighted by Gasteiger charge is 2.42. The maximum atomic E-state index is 12.0. The third-order valence-electron chi connectivity index (χ3n) is 13.2. The van der Waals surface area contributed by atoms with Crippen molar-refractivity contribution in [1.82, 2.24) is 41.7 Å². The molecule has 16 heteroatoms. The van der Waals surface area contributed by atoms with Crippen LogP contribution in [0.4, 0.5) is 9.59 Å². The zero-order valence-corrected chi connectivity index (χ0v) is 34.3. The van der Waals surface area contributed by atoms with Crippen molar-refractivity contribution >= 4 is 35.8 Å². The maximum Gasteiger partial charge on any atom is 0.410 e. The van der Waals surface area contributed by atoms with Gasteiger partial charge in [0.25, 0.3) is 0 Å². The Bertz CT molecular complexity index is 1670. The minimum absolute atomic E-state index is 0.0620. The first-order valence-corrected chi connectivity index (χ1v) is 21.7. The normalized spacial score (nSPS) is 29.7. The van der Waals surface area contributed by atoms with Crippen LogP contribution in [-0.2, 0) is 41.9 Å². The lowest BCUT2D eigenvalue weighted by molar-refractivity contribution is -0.124. The van der Waals surface area contributed by atoms with E-state index in [2.05, 4.69) is 31.9 Å². The van der Waals surface area contributed by atoms with E-state index in [0.717, 1.165) is 89.2 Å². The van der Waals surface area contributed by atoms with Crippen LogP contribution in [0.3, 0.4) is 0 Å². The predicted octanol–water partition coefficient (Wildman–Crippen LogP) is 1.47. The lowest BCUT2D eigenvalue weighted by Gasteiger charge is -2.32. The highest BCUT2D eigenvalue weighted by molar-refractivity contribution is 5.83. The molecule has 2 aromatic carbocycles. The summed E-state index contributed by atoms with van der Waals surface area (Å²) >= 11 is 0. The number of hydrogen-bond acceptors (Lipinski definition) is 10. The fourth-order valence-corrected chi connectivity index (χ4v) is 9.42. The van der Waals surface area contributed by atoms with E-state index < -0.39 is 0 Å². The van der Waals surface area contributed by atoms with Crippen molar-refractivity contribution in [2.24, 2.45) is 47.3 Å². The van der Waals surface area contributed by atoms with Crippen LogP contribution in [0.2, 0.25) is 0 Å². The molecule has 8 heterocycles. The maximum absolute atomic E-state index is 12.0. The number of benzene rings is 2. The molecule has 324 valence electrons. The van der Waals surface area contributed by atoms with E-state index in [0.29, 0.717) is 49.9 Å². The predicted molar refractivity (Wildman–Crippen MR) is 221 cm³/mol. The van der Waals surface area contributed by atoms with Crippen molar-refractivity contribution in [3.8, 4) is 0 Å². The average molecular weight is 829 g/mol. The zero-order chi connectivity index (χ0) is 41.8. The summed E-state index contributed by atoms with van der Waals surface area (Å²) in [6.07, 6.45) is 3.39. The average Bonchev–Trinajstić information content (AvgIpc) is 4.08. The monoisotopic (exact) mass is 828 g/mol. The third kappa shape index (κ3) is 11.1. The van der Waals surface area contributed by atoms with Crippen LogP contribution < -0.4 is 31.9 Å². The summed E-state index contributed by atoms with van der Waals surface area (Å²) in [7, 11) is 0. The minimum atomic E-state index is -0.327. The van der Waals surface area contributed by atoms with Crippen LogP contribution in [0, 0.1) is 47.3 Å². The fraction of sp³-hybridized carbons (Fsp3) is 0.591. The van der Waals surface area contributed by atoms with Crippen molar-refractivity contribution < 1.29 is 38.2 Å². The molecule has 8 aliphatic heterocycles. The Morgan fingerprint density at radius 3 is 1.20 bits per heavy atom. The summed E-state index contributed by atoms with van der Waals surface area (Å²) in [5.74, 6) is 3.04. The van der Waals surface area contributed by atoms with Crippen LogP contribution in [0.25, 0.3) is 0 Å². The van der Waals surface area contributed by atoms with Gasteiger partial charge in [0.15, 0.2) is 0 Å². The van der Waals surface area contributed by atoms with Gasteiger partial charge in [0.05, 0.1) is 23.7 Å². The number of nitrogens with one attached hydrogen (secondary N) is 6. The summed E-state index contributed by atoms with van der Waals surface area (Å²) in [5.41, 5.74) is 1.93. The quantitative estimate of drug-likeness (QED) is 0.263. The number of carbonyl (C=O) groups is 6. The van der Waals surface area contributed by atoms with Crippen molar-refractivity contribution in [2.45, 2.75) is 38.9 Å². The Kier molecular flexibility index (Phi) is 14.9. The SMILES string of the molecule is O=C1NC[C@@H]2CCN(C(=O)OCc3ccccc3)C[C@H]12.O=C1NC[C@@H]2CCN(C(=O)OCc3ccccc3)C[C@H]12.O=C1NC[C@@H]2CCNC[C@H]12.O=C1NC[C@@H]2CCNC[C@H]12. The number of hydrogen-bond donors (Lipinski definition) is 6. The van der Waals surface area contributed by atoms with Crippen molar-refractivity contribution in [2.75, 3.05) is 78.5 Å². The molecule has 0 unspecified atom stereocenters. The Labute approximate surface area is 351 Å². The smallest absolute Gasteiger partial charge is 0.410 e. The van der Waals surface area contributed by atoms with Crippen molar-refractivity contribution in [3.05, 3.63) is 71.8 Å². The second kappa shape index (κ2) is 20.8. The molecule has 6 N–H and O–H groups in total. The molecule has 0 radical (unpaired) electrons. The zero-order valence-electron chi connectivity index (χ0n) is 34.3. The number of rotatable bonds is 4. The van der Waals surface area contributed by atoms with Crippen LogP contribution >= 0.6 is 0 Å². The largest absolute Gasteiger partial charge is 0.445 e. The molecule has 0 saturated carbocycles. The van der Waals surface area contributed by atoms with Gasteiger partial charge in [-0.1, -0.05) is 60.7 Å². The van der Waals surface area contributed by atoms with Gasteiger partial charge in [0.1, 0.15) is 13.2 Å². The van der Waals surface area contributed by atoms with Gasteiger partial charge in [-0.3, -0.25) is 19.2 Å². The van der Waals surface area contributed by atoms with Gasteiger partial charge in [-0.15, -0.1) is 0 Å². The first-order chi connectivity index (χ1) is 29.2. The number of likely N-dealkylation sites (tertiary alicyclic amines) is 2. The van der Waals surface area contributed by atoms with Gasteiger partial charge in [0.2, 0.25) is 23.6 Å². The molecule has 8 fully saturated rings. The molecule has 6 amide bonds. The highest BCUT2D eigenvalue weighted by Crippen LogP contribution is 2.29. The second-order valence-electron chi connectivity index (χ2n) is 17.0. The molecule has 8 aliphatic rings. The van der Waals surface area contributed by atoms with Crippen LogP contribution in [0.1, 0.15) is 36.8 Å². The summed E-state index contributed by atoms with van der Waals surface area (Å²) in [6.45, 7) is 10.1. The molecule has 16 nitrogen and oxygen atoms in total. The number of fused-ring (bicyclic) bond motifs is 4. The molecule has 0 aromatic heterocycles. The van der Waals surface area contributed by atoms with E-state index in [9.17, 15) is 28.8 Å². The van der Waals surface area contributed by atoms with Gasteiger partial charge < -0.3 is 51.2 Å². The Morgan fingerprint density at radius 2 is 0.833 bits per heavy atom. The van der Waals surface area contributed by atoms with Crippen LogP contribution in [0.5, 0.6) is 0 Å². The van der Waals surface area contributed by atoms with E-state index >= 15 is 0 Å². The molecule has 2 aromatic rings. The van der Waals surface area contributed by atoms with Gasteiger partial charge in [0, 0.05) is 65.4 Å². The van der Waals surface area contributed by atoms with Gasteiger partial charge >= 0.3 is 12.2 Å². The third-order valence-corrected chi connectivity index (χ3v) is 13.2. The molecule has 0 bridgehead atoms. The standard InChI is InChI=1S/2C15H18N2O3.2C7H12N2O/c2*18-14-13-9-17(7-6-12(13)8-16-14)15(19)20-10-11-4-2-1-3-5-11;2*10-7-6-4-8-2-1-5(6)3-9-7/h2*1-5,12-13H,6-10H2,(H,16,18);2*5-6,8H,1-4H2,(H,9,10)/t2*12-,13-;2*5-,6-/m0000/s1. The Hall–Kier alpha value is -5.22. The number of nitrogens with zero attached hydrogens (tertiary/aromatic N) is 2.